The van der Waals surface area contributed by atoms with E-state index >= 15 is 0 Å². The Morgan fingerprint density at radius 1 is 1.27 bits per heavy atom. The van der Waals surface area contributed by atoms with Crippen LogP contribution in [-0.2, 0) is 9.53 Å². The highest BCUT2D eigenvalue weighted by molar-refractivity contribution is 5.78. The molecular formula is C10H17N3O2. The van der Waals surface area contributed by atoms with Crippen LogP contribution < -0.4 is 5.32 Å². The molecule has 15 heavy (non-hydrogen) atoms. The number of ether oxygens (including phenoxy) is 1. The van der Waals surface area contributed by atoms with Gasteiger partial charge in [-0.2, -0.15) is 0 Å². The lowest BCUT2D eigenvalue weighted by Gasteiger charge is -2.48. The zero-order valence-electron chi connectivity index (χ0n) is 8.82. The third-order valence-electron chi connectivity index (χ3n) is 3.65. The highest BCUT2D eigenvalue weighted by Gasteiger charge is 2.37. The molecule has 5 heteroatoms. The second-order valence-corrected chi connectivity index (χ2v) is 4.56. The van der Waals surface area contributed by atoms with Gasteiger partial charge < -0.3 is 15.0 Å². The number of fused-ring (bicyclic) bond motifs is 1. The molecule has 3 heterocycles. The lowest BCUT2D eigenvalue weighted by molar-refractivity contribution is -0.153. The topological polar surface area (TPSA) is 44.8 Å². The van der Waals surface area contributed by atoms with E-state index in [1.807, 2.05) is 4.90 Å². The Balaban J connectivity index is 1.64. The van der Waals surface area contributed by atoms with Gasteiger partial charge in [-0.15, -0.1) is 0 Å². The van der Waals surface area contributed by atoms with Gasteiger partial charge in [0.1, 0.15) is 6.61 Å². The van der Waals surface area contributed by atoms with Crippen molar-refractivity contribution in [1.82, 2.24) is 15.1 Å². The number of amides is 1. The van der Waals surface area contributed by atoms with Gasteiger partial charge in [-0.3, -0.25) is 9.69 Å². The average Bonchev–Trinajstić information content (AvgIpc) is 2.15. The van der Waals surface area contributed by atoms with Crippen LogP contribution in [0.15, 0.2) is 0 Å². The molecule has 0 aromatic rings. The molecule has 0 spiro atoms. The van der Waals surface area contributed by atoms with E-state index in [-0.39, 0.29) is 12.5 Å². The number of nitrogens with zero attached hydrogens (tertiary/aromatic N) is 2. The Hall–Kier alpha value is -0.650. The van der Waals surface area contributed by atoms with Gasteiger partial charge in [-0.1, -0.05) is 0 Å². The Morgan fingerprint density at radius 3 is 2.87 bits per heavy atom. The molecule has 1 amide bonds. The van der Waals surface area contributed by atoms with Gasteiger partial charge in [-0.05, 0) is 0 Å². The van der Waals surface area contributed by atoms with Crippen molar-refractivity contribution < 1.29 is 9.53 Å². The lowest BCUT2D eigenvalue weighted by Crippen LogP contribution is -2.66. The molecule has 0 radical (unpaired) electrons. The highest BCUT2D eigenvalue weighted by Crippen LogP contribution is 2.17. The minimum absolute atomic E-state index is 0.164. The van der Waals surface area contributed by atoms with Crippen LogP contribution in [0.2, 0.25) is 0 Å². The van der Waals surface area contributed by atoms with Gasteiger partial charge in [0, 0.05) is 38.8 Å². The third-order valence-corrected chi connectivity index (χ3v) is 3.65. The van der Waals surface area contributed by atoms with Crippen LogP contribution in [0.1, 0.15) is 0 Å². The fraction of sp³-hybridized carbons (Fsp3) is 0.900. The van der Waals surface area contributed by atoms with E-state index in [0.717, 1.165) is 32.7 Å². The van der Waals surface area contributed by atoms with Crippen molar-refractivity contribution in [2.24, 2.45) is 0 Å². The molecule has 3 rings (SSSR count). The van der Waals surface area contributed by atoms with Crippen LogP contribution in [-0.4, -0.2) is 73.7 Å². The summed E-state index contributed by atoms with van der Waals surface area (Å²) in [6.45, 7) is 6.07. The van der Waals surface area contributed by atoms with Crippen molar-refractivity contribution in [1.29, 1.82) is 0 Å². The minimum atomic E-state index is 0.164. The molecule has 0 saturated carbocycles. The molecule has 84 valence electrons. The van der Waals surface area contributed by atoms with Gasteiger partial charge in [0.25, 0.3) is 0 Å². The number of nitrogens with one attached hydrogen (secondary N) is 1. The fourth-order valence-corrected chi connectivity index (χ4v) is 2.58. The second-order valence-electron chi connectivity index (χ2n) is 4.56. The fourth-order valence-electron chi connectivity index (χ4n) is 2.58. The van der Waals surface area contributed by atoms with E-state index in [4.69, 9.17) is 4.74 Å². The summed E-state index contributed by atoms with van der Waals surface area (Å²) < 4.78 is 5.30. The maximum atomic E-state index is 11.6. The Kier molecular flexibility index (Phi) is 2.38. The van der Waals surface area contributed by atoms with Crippen molar-refractivity contribution in [2.45, 2.75) is 12.1 Å². The maximum absolute atomic E-state index is 11.6. The lowest BCUT2D eigenvalue weighted by atomic mass is 10.1. The first kappa shape index (κ1) is 9.57. The van der Waals surface area contributed by atoms with Crippen molar-refractivity contribution >= 4 is 5.91 Å². The molecule has 1 N–H and O–H groups in total. The van der Waals surface area contributed by atoms with E-state index in [9.17, 15) is 4.79 Å². The molecule has 3 aliphatic heterocycles. The number of morpholine rings is 1. The van der Waals surface area contributed by atoms with Crippen molar-refractivity contribution in [3.8, 4) is 0 Å². The van der Waals surface area contributed by atoms with Gasteiger partial charge in [-0.25, -0.2) is 0 Å². The van der Waals surface area contributed by atoms with Crippen LogP contribution in [0.5, 0.6) is 0 Å². The van der Waals surface area contributed by atoms with Crippen LogP contribution in [0.4, 0.5) is 0 Å². The summed E-state index contributed by atoms with van der Waals surface area (Å²) in [5.41, 5.74) is 0. The van der Waals surface area contributed by atoms with Crippen LogP contribution >= 0.6 is 0 Å². The number of piperazine rings is 1. The first-order chi connectivity index (χ1) is 7.34. The third kappa shape index (κ3) is 1.64. The molecule has 0 aromatic heterocycles. The molecule has 3 fully saturated rings. The number of hydrogen-bond acceptors (Lipinski definition) is 4. The maximum Gasteiger partial charge on any atom is 0.248 e. The van der Waals surface area contributed by atoms with E-state index in [0.29, 0.717) is 18.7 Å². The molecule has 0 aliphatic carbocycles. The Morgan fingerprint density at radius 2 is 2.13 bits per heavy atom. The average molecular weight is 211 g/mol. The zero-order valence-corrected chi connectivity index (χ0v) is 8.82. The summed E-state index contributed by atoms with van der Waals surface area (Å²) in [6.07, 6.45) is 0. The van der Waals surface area contributed by atoms with Crippen molar-refractivity contribution in [3.63, 3.8) is 0 Å². The number of carbonyl (C=O) groups is 1. The molecule has 3 saturated heterocycles. The van der Waals surface area contributed by atoms with Crippen LogP contribution in [0.3, 0.4) is 0 Å². The zero-order chi connectivity index (χ0) is 10.3. The van der Waals surface area contributed by atoms with Crippen LogP contribution in [0.25, 0.3) is 0 Å². The predicted octanol–water partition coefficient (Wildman–Crippen LogP) is -1.50. The number of carbonyl (C=O) groups excluding carboxylic acids is 1. The van der Waals surface area contributed by atoms with E-state index in [2.05, 4.69) is 10.2 Å². The quantitative estimate of drug-likeness (QED) is 0.573. The Labute approximate surface area is 89.4 Å². The number of rotatable bonds is 1. The summed E-state index contributed by atoms with van der Waals surface area (Å²) in [5.74, 6) is 0.164. The van der Waals surface area contributed by atoms with Crippen molar-refractivity contribution in [2.75, 3.05) is 45.9 Å². The molecule has 0 bridgehead atoms. The summed E-state index contributed by atoms with van der Waals surface area (Å²) in [5, 5.41) is 3.29. The summed E-state index contributed by atoms with van der Waals surface area (Å²) >= 11 is 0. The van der Waals surface area contributed by atoms with E-state index in [1.54, 1.807) is 0 Å². The largest absolute Gasteiger partial charge is 0.369 e. The van der Waals surface area contributed by atoms with Crippen LogP contribution in [0, 0.1) is 0 Å². The number of hydrogen-bond donors (Lipinski definition) is 1. The summed E-state index contributed by atoms with van der Waals surface area (Å²) in [7, 11) is 0. The normalized spacial score (nSPS) is 33.7. The van der Waals surface area contributed by atoms with E-state index in [1.165, 1.54) is 0 Å². The van der Waals surface area contributed by atoms with Gasteiger partial charge in [0.05, 0.1) is 12.6 Å². The first-order valence-corrected chi connectivity index (χ1v) is 5.66. The molecule has 3 aliphatic rings. The first-order valence-electron chi connectivity index (χ1n) is 5.66. The molecule has 1 atom stereocenters. The summed E-state index contributed by atoms with van der Waals surface area (Å²) in [6, 6.07) is 0.977. The van der Waals surface area contributed by atoms with Crippen molar-refractivity contribution in [3.05, 3.63) is 0 Å². The second kappa shape index (κ2) is 3.73. The Bertz CT molecular complexity index is 267. The molecule has 1 unspecified atom stereocenters. The summed E-state index contributed by atoms with van der Waals surface area (Å²) in [4.78, 5) is 16.0. The predicted molar refractivity (Wildman–Crippen MR) is 54.6 cm³/mol. The standard InChI is InChI=1S/C10H17N3O2/c14-10-7-15-6-9-5-12(1-2-13(9)10)8-3-11-4-8/h8-9,11H,1-7H2. The van der Waals surface area contributed by atoms with Gasteiger partial charge in [0.2, 0.25) is 5.91 Å². The van der Waals surface area contributed by atoms with Gasteiger partial charge >= 0.3 is 0 Å². The smallest absolute Gasteiger partial charge is 0.248 e. The SMILES string of the molecule is O=C1COCC2CN(C3CNC3)CCN12. The minimum Gasteiger partial charge on any atom is -0.369 e. The van der Waals surface area contributed by atoms with E-state index < -0.39 is 0 Å². The molecule has 0 aromatic carbocycles. The van der Waals surface area contributed by atoms with Gasteiger partial charge in [0.15, 0.2) is 0 Å². The monoisotopic (exact) mass is 211 g/mol. The molecule has 5 nitrogen and oxygen atoms in total. The highest BCUT2D eigenvalue weighted by atomic mass is 16.5. The molecular weight excluding hydrogens is 194 g/mol.